The highest BCUT2D eigenvalue weighted by Gasteiger charge is 2.39. The number of nitrogens with one attached hydrogen (secondary N) is 1. The van der Waals surface area contributed by atoms with Crippen LogP contribution in [0, 0.1) is 11.3 Å². The molecule has 0 aromatic carbocycles. The summed E-state index contributed by atoms with van der Waals surface area (Å²) >= 11 is 0. The highest BCUT2D eigenvalue weighted by molar-refractivity contribution is 5.79. The lowest BCUT2D eigenvalue weighted by Gasteiger charge is -2.43. The Morgan fingerprint density at radius 2 is 2.00 bits per heavy atom. The second kappa shape index (κ2) is 3.87. The van der Waals surface area contributed by atoms with Crippen molar-refractivity contribution in [1.29, 1.82) is 5.41 Å². The van der Waals surface area contributed by atoms with Crippen LogP contribution in [-0.2, 0) is 9.47 Å². The molecule has 2 heterocycles. The summed E-state index contributed by atoms with van der Waals surface area (Å²) in [6, 6.07) is 0. The fourth-order valence-electron chi connectivity index (χ4n) is 2.39. The van der Waals surface area contributed by atoms with Crippen LogP contribution in [0.4, 0.5) is 0 Å². The van der Waals surface area contributed by atoms with Gasteiger partial charge in [-0.2, -0.15) is 0 Å². The van der Waals surface area contributed by atoms with E-state index < -0.39 is 0 Å². The van der Waals surface area contributed by atoms with Crippen LogP contribution < -0.4 is 5.73 Å². The molecule has 4 heteroatoms. The Bertz CT molecular complexity index is 219. The van der Waals surface area contributed by atoms with Crippen LogP contribution in [0.25, 0.3) is 0 Å². The lowest BCUT2D eigenvalue weighted by molar-refractivity contribution is -0.140. The SMILES string of the molecule is N=C(N)C1CCOC2(CCOCC2)C1. The van der Waals surface area contributed by atoms with Crippen LogP contribution >= 0.6 is 0 Å². The highest BCUT2D eigenvalue weighted by Crippen LogP contribution is 2.36. The van der Waals surface area contributed by atoms with Crippen molar-refractivity contribution in [3.8, 4) is 0 Å². The van der Waals surface area contributed by atoms with Crippen LogP contribution in [-0.4, -0.2) is 31.3 Å². The molecule has 4 nitrogen and oxygen atoms in total. The Morgan fingerprint density at radius 3 is 2.64 bits per heavy atom. The summed E-state index contributed by atoms with van der Waals surface area (Å²) in [5.41, 5.74) is 5.52. The molecule has 2 rings (SSSR count). The third-order valence-corrected chi connectivity index (χ3v) is 3.34. The molecule has 0 bridgehead atoms. The van der Waals surface area contributed by atoms with Gasteiger partial charge in [0.05, 0.1) is 11.4 Å². The smallest absolute Gasteiger partial charge is 0.0938 e. The molecule has 1 spiro atoms. The Balaban J connectivity index is 2.01. The van der Waals surface area contributed by atoms with Gasteiger partial charge in [0.1, 0.15) is 0 Å². The average molecular weight is 198 g/mol. The maximum absolute atomic E-state index is 7.48. The molecule has 0 saturated carbocycles. The van der Waals surface area contributed by atoms with E-state index in [-0.39, 0.29) is 11.5 Å². The van der Waals surface area contributed by atoms with Gasteiger partial charge in [-0.05, 0) is 25.7 Å². The monoisotopic (exact) mass is 198 g/mol. The molecule has 0 amide bonds. The molecule has 1 atom stereocenters. The van der Waals surface area contributed by atoms with Crippen molar-refractivity contribution in [3.63, 3.8) is 0 Å². The van der Waals surface area contributed by atoms with E-state index >= 15 is 0 Å². The van der Waals surface area contributed by atoms with Gasteiger partial charge in [0.2, 0.25) is 0 Å². The van der Waals surface area contributed by atoms with Crippen LogP contribution in [0.5, 0.6) is 0 Å². The predicted molar refractivity (Wildman–Crippen MR) is 53.4 cm³/mol. The van der Waals surface area contributed by atoms with E-state index in [4.69, 9.17) is 20.6 Å². The highest BCUT2D eigenvalue weighted by atomic mass is 16.5. The Kier molecular flexibility index (Phi) is 2.74. The van der Waals surface area contributed by atoms with Gasteiger partial charge in [0, 0.05) is 25.7 Å². The maximum Gasteiger partial charge on any atom is 0.0938 e. The zero-order valence-corrected chi connectivity index (χ0v) is 8.42. The zero-order chi connectivity index (χ0) is 10.0. The quantitative estimate of drug-likeness (QED) is 0.486. The van der Waals surface area contributed by atoms with E-state index in [1.807, 2.05) is 0 Å². The Hall–Kier alpha value is -0.610. The third kappa shape index (κ3) is 1.91. The van der Waals surface area contributed by atoms with Gasteiger partial charge in [0.25, 0.3) is 0 Å². The summed E-state index contributed by atoms with van der Waals surface area (Å²) in [4.78, 5) is 0. The number of nitrogens with two attached hydrogens (primary N) is 1. The lowest BCUT2D eigenvalue weighted by atomic mass is 9.80. The minimum Gasteiger partial charge on any atom is -0.387 e. The van der Waals surface area contributed by atoms with Gasteiger partial charge < -0.3 is 15.2 Å². The molecule has 0 radical (unpaired) electrons. The minimum atomic E-state index is -0.0349. The first kappa shape index (κ1) is 9.93. The first-order chi connectivity index (χ1) is 6.72. The largest absolute Gasteiger partial charge is 0.387 e. The normalized spacial score (nSPS) is 31.6. The summed E-state index contributed by atoms with van der Waals surface area (Å²) in [6.45, 7) is 2.31. The minimum absolute atomic E-state index is 0.0349. The van der Waals surface area contributed by atoms with Crippen LogP contribution in [0.3, 0.4) is 0 Å². The van der Waals surface area contributed by atoms with Gasteiger partial charge >= 0.3 is 0 Å². The molecule has 3 N–H and O–H groups in total. The van der Waals surface area contributed by atoms with E-state index in [2.05, 4.69) is 0 Å². The van der Waals surface area contributed by atoms with Crippen molar-refractivity contribution in [3.05, 3.63) is 0 Å². The van der Waals surface area contributed by atoms with Crippen molar-refractivity contribution >= 4 is 5.84 Å². The van der Waals surface area contributed by atoms with Crippen LogP contribution in [0.1, 0.15) is 25.7 Å². The molecule has 0 aromatic rings. The molecular weight excluding hydrogens is 180 g/mol. The van der Waals surface area contributed by atoms with Crippen molar-refractivity contribution in [2.45, 2.75) is 31.3 Å². The van der Waals surface area contributed by atoms with E-state index in [0.29, 0.717) is 5.84 Å². The van der Waals surface area contributed by atoms with E-state index in [0.717, 1.165) is 45.5 Å². The molecule has 0 aromatic heterocycles. The topological polar surface area (TPSA) is 68.3 Å². The van der Waals surface area contributed by atoms with Gasteiger partial charge in [0.15, 0.2) is 0 Å². The lowest BCUT2D eigenvalue weighted by Crippen LogP contribution is -2.46. The number of hydrogen-bond donors (Lipinski definition) is 2. The molecule has 2 aliphatic heterocycles. The van der Waals surface area contributed by atoms with Crippen LogP contribution in [0.15, 0.2) is 0 Å². The average Bonchev–Trinajstić information content (AvgIpc) is 2.19. The molecule has 1 unspecified atom stereocenters. The van der Waals surface area contributed by atoms with Gasteiger partial charge in [-0.25, -0.2) is 0 Å². The molecule has 14 heavy (non-hydrogen) atoms. The molecule has 2 saturated heterocycles. The second-order valence-electron chi connectivity index (χ2n) is 4.29. The second-order valence-corrected chi connectivity index (χ2v) is 4.29. The van der Waals surface area contributed by atoms with Crippen molar-refractivity contribution in [2.24, 2.45) is 11.7 Å². The Labute approximate surface area is 84.3 Å². The standard InChI is InChI=1S/C10H18N2O2/c11-9(12)8-1-4-14-10(7-8)2-5-13-6-3-10/h8H,1-7H2,(H3,11,12). The zero-order valence-electron chi connectivity index (χ0n) is 8.42. The number of amidine groups is 1. The first-order valence-corrected chi connectivity index (χ1v) is 5.27. The van der Waals surface area contributed by atoms with E-state index in [9.17, 15) is 0 Å². The van der Waals surface area contributed by atoms with E-state index in [1.165, 1.54) is 0 Å². The molecule has 80 valence electrons. The van der Waals surface area contributed by atoms with Crippen molar-refractivity contribution in [2.75, 3.05) is 19.8 Å². The van der Waals surface area contributed by atoms with Gasteiger partial charge in [-0.3, -0.25) is 5.41 Å². The summed E-state index contributed by atoms with van der Waals surface area (Å²) in [6.07, 6.45) is 3.72. The number of rotatable bonds is 1. The number of ether oxygens (including phenoxy) is 2. The van der Waals surface area contributed by atoms with Gasteiger partial charge in [-0.1, -0.05) is 0 Å². The summed E-state index contributed by atoms with van der Waals surface area (Å²) in [5.74, 6) is 0.543. The third-order valence-electron chi connectivity index (χ3n) is 3.34. The van der Waals surface area contributed by atoms with Gasteiger partial charge in [-0.15, -0.1) is 0 Å². The number of hydrogen-bond acceptors (Lipinski definition) is 3. The molecule has 0 aliphatic carbocycles. The molecular formula is C10H18N2O2. The molecule has 2 fully saturated rings. The summed E-state index contributed by atoms with van der Waals surface area (Å²) < 4.78 is 11.2. The first-order valence-electron chi connectivity index (χ1n) is 5.27. The van der Waals surface area contributed by atoms with E-state index in [1.54, 1.807) is 0 Å². The maximum atomic E-state index is 7.48. The van der Waals surface area contributed by atoms with Crippen LogP contribution in [0.2, 0.25) is 0 Å². The molecule has 2 aliphatic rings. The fourth-order valence-corrected chi connectivity index (χ4v) is 2.39. The fraction of sp³-hybridized carbons (Fsp3) is 0.900. The summed E-state index contributed by atoms with van der Waals surface area (Å²) in [7, 11) is 0. The predicted octanol–water partition coefficient (Wildman–Crippen LogP) is 0.898. The van der Waals surface area contributed by atoms with Crippen molar-refractivity contribution < 1.29 is 9.47 Å². The Morgan fingerprint density at radius 1 is 1.29 bits per heavy atom. The summed E-state index contributed by atoms with van der Waals surface area (Å²) in [5, 5.41) is 7.48. The van der Waals surface area contributed by atoms with Crippen molar-refractivity contribution in [1.82, 2.24) is 0 Å².